The quantitative estimate of drug-likeness (QED) is 0.234. The van der Waals surface area contributed by atoms with E-state index in [0.29, 0.717) is 22.4 Å². The number of carbonyl (C=O) groups is 2. The number of fused-ring (bicyclic) bond motifs is 1. The Morgan fingerprint density at radius 2 is 1.74 bits per heavy atom. The topological polar surface area (TPSA) is 103 Å². The second-order valence-electron chi connectivity index (χ2n) is 9.47. The molecule has 0 aliphatic heterocycles. The van der Waals surface area contributed by atoms with Crippen LogP contribution in [-0.4, -0.2) is 26.6 Å². The van der Waals surface area contributed by atoms with E-state index in [4.69, 9.17) is 5.73 Å². The van der Waals surface area contributed by atoms with Gasteiger partial charge in [-0.1, -0.05) is 42.5 Å². The molecule has 12 heteroatoms. The molecule has 1 atom stereocenters. The summed E-state index contributed by atoms with van der Waals surface area (Å²) in [6.07, 6.45) is -3.23. The predicted molar refractivity (Wildman–Crippen MR) is 144 cm³/mol. The second-order valence-corrected chi connectivity index (χ2v) is 9.47. The monoisotopic (exact) mass is 579 g/mol. The van der Waals surface area contributed by atoms with Gasteiger partial charge in [0.1, 0.15) is 18.2 Å². The van der Waals surface area contributed by atoms with Gasteiger partial charge in [0.2, 0.25) is 5.91 Å². The average Bonchev–Trinajstić information content (AvgIpc) is 3.32. The number of alkyl halides is 3. The molecule has 0 fully saturated rings. The number of para-hydroxylation sites is 1. The molecule has 214 valence electrons. The molecule has 0 aliphatic carbocycles. The summed E-state index contributed by atoms with van der Waals surface area (Å²) < 4.78 is 70.0. The molecule has 42 heavy (non-hydrogen) atoms. The van der Waals surface area contributed by atoms with Crippen LogP contribution in [0.25, 0.3) is 22.0 Å². The Labute approximate surface area is 235 Å². The maximum Gasteiger partial charge on any atom is 0.435 e. The van der Waals surface area contributed by atoms with E-state index in [-0.39, 0.29) is 22.9 Å². The number of amides is 2. The van der Waals surface area contributed by atoms with E-state index in [9.17, 15) is 31.5 Å². The number of primary amides is 1. The van der Waals surface area contributed by atoms with Crippen molar-refractivity contribution in [2.45, 2.75) is 25.2 Å². The Hall–Kier alpha value is -5.13. The summed E-state index contributed by atoms with van der Waals surface area (Å²) in [5.74, 6) is -2.99. The maximum absolute atomic E-state index is 14.2. The first kappa shape index (κ1) is 28.4. The predicted octanol–water partition coefficient (Wildman–Crippen LogP) is 5.59. The minimum atomic E-state index is -4.73. The lowest BCUT2D eigenvalue weighted by atomic mass is 9.94. The number of benzene rings is 3. The van der Waals surface area contributed by atoms with Crippen LogP contribution in [0.15, 0.2) is 85.1 Å². The van der Waals surface area contributed by atoms with Gasteiger partial charge in [0.05, 0.1) is 22.8 Å². The van der Waals surface area contributed by atoms with Crippen LogP contribution in [-0.2, 0) is 23.9 Å². The fourth-order valence-corrected chi connectivity index (χ4v) is 4.77. The van der Waals surface area contributed by atoms with Crippen molar-refractivity contribution in [3.05, 3.63) is 119 Å². The smallest absolute Gasteiger partial charge is 0.366 e. The lowest BCUT2D eigenvalue weighted by Gasteiger charge is -2.22. The van der Waals surface area contributed by atoms with E-state index in [0.717, 1.165) is 10.7 Å². The van der Waals surface area contributed by atoms with Crippen LogP contribution >= 0.6 is 0 Å². The Morgan fingerprint density at radius 3 is 2.48 bits per heavy atom. The number of carbonyl (C=O) groups excluding carboxylic acids is 2. The molecule has 5 aromatic rings. The van der Waals surface area contributed by atoms with Crippen molar-refractivity contribution in [1.82, 2.24) is 20.1 Å². The number of nitrogens with two attached hydrogens (primary N) is 1. The van der Waals surface area contributed by atoms with Gasteiger partial charge in [0.15, 0.2) is 5.69 Å². The first-order valence-electron chi connectivity index (χ1n) is 12.6. The molecule has 0 bridgehead atoms. The van der Waals surface area contributed by atoms with E-state index < -0.39 is 47.9 Å². The van der Waals surface area contributed by atoms with Crippen molar-refractivity contribution in [3.63, 3.8) is 0 Å². The van der Waals surface area contributed by atoms with E-state index in [1.165, 1.54) is 60.8 Å². The van der Waals surface area contributed by atoms with Gasteiger partial charge in [0.25, 0.3) is 5.91 Å². The van der Waals surface area contributed by atoms with Crippen LogP contribution in [0.3, 0.4) is 0 Å². The van der Waals surface area contributed by atoms with Crippen LogP contribution in [0.5, 0.6) is 0 Å². The average molecular weight is 580 g/mol. The lowest BCUT2D eigenvalue weighted by molar-refractivity contribution is -0.140. The highest BCUT2D eigenvalue weighted by Crippen LogP contribution is 2.34. The highest BCUT2D eigenvalue weighted by Gasteiger charge is 2.37. The fourth-order valence-electron chi connectivity index (χ4n) is 4.77. The number of pyridine rings is 1. The third kappa shape index (κ3) is 5.97. The van der Waals surface area contributed by atoms with E-state index >= 15 is 0 Å². The number of halogens is 5. The van der Waals surface area contributed by atoms with Crippen molar-refractivity contribution < 1.29 is 31.5 Å². The first-order valence-corrected chi connectivity index (χ1v) is 12.6. The fraction of sp³-hybridized carbons (Fsp3) is 0.133. The summed E-state index contributed by atoms with van der Waals surface area (Å²) in [4.78, 5) is 29.5. The van der Waals surface area contributed by atoms with Gasteiger partial charge in [-0.2, -0.15) is 18.3 Å². The van der Waals surface area contributed by atoms with E-state index in [1.807, 2.05) is 0 Å². The van der Waals surface area contributed by atoms with Crippen molar-refractivity contribution in [2.75, 3.05) is 0 Å². The molecule has 0 radical (unpaired) electrons. The van der Waals surface area contributed by atoms with Crippen LogP contribution in [0, 0.1) is 11.6 Å². The maximum atomic E-state index is 14.2. The van der Waals surface area contributed by atoms with Crippen molar-refractivity contribution in [2.24, 2.45) is 5.73 Å². The van der Waals surface area contributed by atoms with Gasteiger partial charge < -0.3 is 11.1 Å². The highest BCUT2D eigenvalue weighted by molar-refractivity contribution is 5.94. The van der Waals surface area contributed by atoms with Crippen LogP contribution in [0.4, 0.5) is 22.0 Å². The zero-order valence-electron chi connectivity index (χ0n) is 21.7. The molecule has 0 aliphatic rings. The largest absolute Gasteiger partial charge is 0.435 e. The standard InChI is InChI=1S/C30H22F5N5O2/c31-19-6-3-5-17(13-19)14-24(27-20(8-4-12-37-27)18-10-11-23(32)22(15-18)29(36)42)38-26(41)16-40-25-9-2-1-7-21(25)28(39-40)30(33,34)35/h1-13,15,24H,14,16H2,(H2,36,42)(H,38,41). The molecule has 0 spiro atoms. The van der Waals surface area contributed by atoms with Gasteiger partial charge in [-0.25, -0.2) is 8.78 Å². The van der Waals surface area contributed by atoms with Gasteiger partial charge in [-0.15, -0.1) is 0 Å². The van der Waals surface area contributed by atoms with Gasteiger partial charge >= 0.3 is 6.18 Å². The summed E-state index contributed by atoms with van der Waals surface area (Å²) in [6, 6.07) is 17.4. The highest BCUT2D eigenvalue weighted by atomic mass is 19.4. The molecule has 3 aromatic carbocycles. The molecule has 1 unspecified atom stereocenters. The van der Waals surface area contributed by atoms with Crippen molar-refractivity contribution >= 4 is 22.7 Å². The summed E-state index contributed by atoms with van der Waals surface area (Å²) >= 11 is 0. The lowest BCUT2D eigenvalue weighted by Crippen LogP contribution is -2.34. The number of hydrogen-bond donors (Lipinski definition) is 2. The number of nitrogens with zero attached hydrogens (tertiary/aromatic N) is 3. The van der Waals surface area contributed by atoms with Gasteiger partial charge in [-0.3, -0.25) is 19.3 Å². The zero-order valence-corrected chi connectivity index (χ0v) is 21.7. The van der Waals surface area contributed by atoms with Crippen LogP contribution in [0.1, 0.15) is 33.4 Å². The molecular weight excluding hydrogens is 557 g/mol. The minimum absolute atomic E-state index is 0.0467. The Morgan fingerprint density at radius 1 is 0.952 bits per heavy atom. The second kappa shape index (κ2) is 11.4. The molecule has 0 saturated heterocycles. The van der Waals surface area contributed by atoms with Gasteiger partial charge in [0, 0.05) is 17.1 Å². The molecule has 5 rings (SSSR count). The van der Waals surface area contributed by atoms with Crippen LogP contribution in [0.2, 0.25) is 0 Å². The Balaban J connectivity index is 1.53. The number of nitrogens with one attached hydrogen (secondary N) is 1. The molecule has 7 nitrogen and oxygen atoms in total. The number of rotatable bonds is 8. The van der Waals surface area contributed by atoms with Crippen molar-refractivity contribution in [3.8, 4) is 11.1 Å². The first-order chi connectivity index (χ1) is 20.0. The summed E-state index contributed by atoms with van der Waals surface area (Å²) in [5.41, 5.74) is 5.56. The summed E-state index contributed by atoms with van der Waals surface area (Å²) in [7, 11) is 0. The molecular formula is C30H22F5N5O2. The Bertz CT molecular complexity index is 1800. The SMILES string of the molecule is NC(=O)c1cc(-c2cccnc2C(Cc2cccc(F)c2)NC(=O)Cn2nc(C(F)(F)F)c3ccccc32)ccc1F. The van der Waals surface area contributed by atoms with Crippen molar-refractivity contribution in [1.29, 1.82) is 0 Å². The minimum Gasteiger partial charge on any atom is -0.366 e. The summed E-state index contributed by atoms with van der Waals surface area (Å²) in [6.45, 7) is -0.555. The zero-order chi connectivity index (χ0) is 30.0. The molecule has 2 amide bonds. The third-order valence-electron chi connectivity index (χ3n) is 6.60. The molecule has 2 heterocycles. The normalized spacial score (nSPS) is 12.3. The Kier molecular flexibility index (Phi) is 7.70. The number of aromatic nitrogens is 3. The molecule has 3 N–H and O–H groups in total. The van der Waals surface area contributed by atoms with Gasteiger partial charge in [-0.05, 0) is 53.9 Å². The van der Waals surface area contributed by atoms with E-state index in [2.05, 4.69) is 15.4 Å². The third-order valence-corrected chi connectivity index (χ3v) is 6.60. The molecule has 0 saturated carbocycles. The van der Waals surface area contributed by atoms with Crippen LogP contribution < -0.4 is 11.1 Å². The molecule has 2 aromatic heterocycles. The number of hydrogen-bond acceptors (Lipinski definition) is 4. The van der Waals surface area contributed by atoms with E-state index in [1.54, 1.807) is 18.2 Å². The summed E-state index contributed by atoms with van der Waals surface area (Å²) in [5, 5.41) is 6.30.